The van der Waals surface area contributed by atoms with Crippen LogP contribution in [0.3, 0.4) is 0 Å². The summed E-state index contributed by atoms with van der Waals surface area (Å²) in [6.07, 6.45) is 12.3. The minimum atomic E-state index is 0.141. The number of ketones is 1. The average Bonchev–Trinajstić information content (AvgIpc) is 2.88. The van der Waals surface area contributed by atoms with Crippen LogP contribution < -0.4 is 5.32 Å². The van der Waals surface area contributed by atoms with Crippen molar-refractivity contribution in [1.29, 1.82) is 0 Å². The third kappa shape index (κ3) is 10.1. The number of rotatable bonds is 8. The van der Waals surface area contributed by atoms with Gasteiger partial charge in [0, 0.05) is 19.9 Å². The molecule has 1 rings (SSSR count). The van der Waals surface area contributed by atoms with Crippen LogP contribution in [0, 0.1) is 0 Å². The van der Waals surface area contributed by atoms with Crippen molar-refractivity contribution in [2.45, 2.75) is 65.2 Å². The van der Waals surface area contributed by atoms with E-state index < -0.39 is 0 Å². The molecule has 0 aromatic heterocycles. The lowest BCUT2D eigenvalue weighted by atomic mass is 10.1. The molecule has 0 fully saturated rings. The zero-order chi connectivity index (χ0) is 13.6. The summed E-state index contributed by atoms with van der Waals surface area (Å²) in [5.74, 6) is 0.141. The quantitative estimate of drug-likeness (QED) is 0.533. The molecule has 0 saturated heterocycles. The second kappa shape index (κ2) is 12.3. The van der Waals surface area contributed by atoms with Crippen LogP contribution in [-0.4, -0.2) is 18.6 Å². The molecule has 0 radical (unpaired) electrons. The monoisotopic (exact) mass is 253 g/mol. The van der Waals surface area contributed by atoms with Gasteiger partial charge in [0.1, 0.15) is 6.29 Å². The molecule has 3 nitrogen and oxygen atoms in total. The van der Waals surface area contributed by atoms with Crippen molar-refractivity contribution in [3.63, 3.8) is 0 Å². The van der Waals surface area contributed by atoms with Crippen LogP contribution in [0.1, 0.15) is 65.2 Å². The van der Waals surface area contributed by atoms with Gasteiger partial charge in [0.15, 0.2) is 5.78 Å². The molecular weight excluding hydrogens is 226 g/mol. The second-order valence-electron chi connectivity index (χ2n) is 4.61. The van der Waals surface area contributed by atoms with Crippen LogP contribution in [0.4, 0.5) is 0 Å². The highest BCUT2D eigenvalue weighted by molar-refractivity contribution is 5.92. The fraction of sp³-hybridized carbons (Fsp3) is 0.733. The number of hydrogen-bond acceptors (Lipinski definition) is 3. The summed E-state index contributed by atoms with van der Waals surface area (Å²) in [4.78, 5) is 20.4. The van der Waals surface area contributed by atoms with E-state index in [0.717, 1.165) is 37.8 Å². The summed E-state index contributed by atoms with van der Waals surface area (Å²) in [7, 11) is 0. The molecule has 0 atom stereocenters. The molecule has 0 saturated carbocycles. The highest BCUT2D eigenvalue weighted by Crippen LogP contribution is 2.05. The van der Waals surface area contributed by atoms with E-state index >= 15 is 0 Å². The van der Waals surface area contributed by atoms with Crippen LogP contribution in [0.2, 0.25) is 0 Å². The molecule has 0 spiro atoms. The molecule has 104 valence electrons. The van der Waals surface area contributed by atoms with Crippen molar-refractivity contribution >= 4 is 12.1 Å². The Bertz CT molecular complexity index is 259. The zero-order valence-corrected chi connectivity index (χ0v) is 11.8. The van der Waals surface area contributed by atoms with E-state index in [4.69, 9.17) is 0 Å². The molecule has 0 aromatic carbocycles. The normalized spacial score (nSPS) is 13.1. The van der Waals surface area contributed by atoms with Gasteiger partial charge in [-0.3, -0.25) is 4.79 Å². The van der Waals surface area contributed by atoms with Crippen LogP contribution >= 0.6 is 0 Å². The minimum Gasteiger partial charge on any atom is -0.382 e. The molecule has 1 heterocycles. The number of carbonyl (C=O) groups is 2. The van der Waals surface area contributed by atoms with Crippen molar-refractivity contribution in [2.75, 3.05) is 6.54 Å². The lowest BCUT2D eigenvalue weighted by Crippen LogP contribution is -2.12. The molecule has 0 unspecified atom stereocenters. The van der Waals surface area contributed by atoms with Gasteiger partial charge >= 0.3 is 0 Å². The Morgan fingerprint density at radius 2 is 1.94 bits per heavy atom. The molecule has 0 bridgehead atoms. The zero-order valence-electron chi connectivity index (χ0n) is 11.8. The lowest BCUT2D eigenvalue weighted by Gasteiger charge is -1.95. The van der Waals surface area contributed by atoms with E-state index in [1.807, 2.05) is 6.08 Å². The number of hydrogen-bond donors (Lipinski definition) is 1. The Labute approximate surface area is 111 Å². The third-order valence-corrected chi connectivity index (χ3v) is 2.86. The maximum atomic E-state index is 10.5. The van der Waals surface area contributed by atoms with E-state index in [-0.39, 0.29) is 5.78 Å². The highest BCUT2D eigenvalue weighted by Gasteiger charge is 2.05. The van der Waals surface area contributed by atoms with Crippen molar-refractivity contribution in [2.24, 2.45) is 0 Å². The fourth-order valence-electron chi connectivity index (χ4n) is 1.77. The fourth-order valence-corrected chi connectivity index (χ4v) is 1.77. The van der Waals surface area contributed by atoms with Crippen molar-refractivity contribution in [1.82, 2.24) is 5.32 Å². The van der Waals surface area contributed by atoms with Gasteiger partial charge in [-0.1, -0.05) is 45.1 Å². The van der Waals surface area contributed by atoms with Gasteiger partial charge in [-0.05, 0) is 12.8 Å². The third-order valence-electron chi connectivity index (χ3n) is 2.86. The number of Topliss-reactive ketones (excluding diaryl/α,β-unsaturated/α-hetero) is 1. The summed E-state index contributed by atoms with van der Waals surface area (Å²) in [5.41, 5.74) is 0.782. The summed E-state index contributed by atoms with van der Waals surface area (Å²) in [5, 5.41) is 2.97. The van der Waals surface area contributed by atoms with Crippen LogP contribution in [0.15, 0.2) is 11.8 Å². The number of carbonyl (C=O) groups excluding carboxylic acids is 2. The van der Waals surface area contributed by atoms with Crippen molar-refractivity contribution < 1.29 is 9.59 Å². The Morgan fingerprint density at radius 3 is 2.39 bits per heavy atom. The highest BCUT2D eigenvalue weighted by atomic mass is 16.1. The molecule has 3 heteroatoms. The maximum absolute atomic E-state index is 10.5. The van der Waals surface area contributed by atoms with Gasteiger partial charge in [-0.15, -0.1) is 0 Å². The van der Waals surface area contributed by atoms with Gasteiger partial charge in [0.25, 0.3) is 0 Å². The van der Waals surface area contributed by atoms with E-state index in [2.05, 4.69) is 12.2 Å². The van der Waals surface area contributed by atoms with Gasteiger partial charge in [-0.2, -0.15) is 0 Å². The predicted octanol–water partition coefficient (Wildman–Crippen LogP) is 3.39. The molecule has 1 aliphatic heterocycles. The first-order valence-corrected chi connectivity index (χ1v) is 7.11. The Morgan fingerprint density at radius 1 is 1.28 bits per heavy atom. The largest absolute Gasteiger partial charge is 0.382 e. The number of allylic oxidation sites excluding steroid dienone is 1. The summed E-state index contributed by atoms with van der Waals surface area (Å²) < 4.78 is 0. The number of nitrogens with one attached hydrogen (secondary N) is 1. The molecule has 1 aliphatic rings. The molecule has 0 aliphatic carbocycles. The summed E-state index contributed by atoms with van der Waals surface area (Å²) in [6, 6.07) is 0. The summed E-state index contributed by atoms with van der Waals surface area (Å²) >= 11 is 0. The Hall–Kier alpha value is -1.12. The first-order chi connectivity index (χ1) is 8.72. The van der Waals surface area contributed by atoms with Gasteiger partial charge in [0.2, 0.25) is 0 Å². The van der Waals surface area contributed by atoms with Crippen LogP contribution in [-0.2, 0) is 9.59 Å². The topological polar surface area (TPSA) is 46.2 Å². The Balaban J connectivity index is 0.000000327. The average molecular weight is 253 g/mol. The molecule has 18 heavy (non-hydrogen) atoms. The van der Waals surface area contributed by atoms with Crippen molar-refractivity contribution in [3.05, 3.63) is 11.8 Å². The molecule has 1 N–H and O–H groups in total. The predicted molar refractivity (Wildman–Crippen MR) is 75.4 cm³/mol. The molecule has 0 aromatic rings. The van der Waals surface area contributed by atoms with Crippen molar-refractivity contribution in [3.8, 4) is 0 Å². The lowest BCUT2D eigenvalue weighted by molar-refractivity contribution is -0.114. The van der Waals surface area contributed by atoms with E-state index in [1.54, 1.807) is 6.92 Å². The van der Waals surface area contributed by atoms with E-state index in [1.165, 1.54) is 32.1 Å². The van der Waals surface area contributed by atoms with Gasteiger partial charge < -0.3 is 10.1 Å². The number of unbranched alkanes of at least 4 members (excludes halogenated alkanes) is 6. The molecular formula is C15H27NO2. The number of aldehydes is 1. The SMILES string of the molecule is CC(=O)C1=CCCN1.CCCCCCCCC=O. The van der Waals surface area contributed by atoms with Crippen LogP contribution in [0.25, 0.3) is 0 Å². The maximum Gasteiger partial charge on any atom is 0.175 e. The van der Waals surface area contributed by atoms with E-state index in [9.17, 15) is 9.59 Å². The van der Waals surface area contributed by atoms with Gasteiger partial charge in [-0.25, -0.2) is 0 Å². The molecule has 0 amide bonds. The smallest absolute Gasteiger partial charge is 0.175 e. The standard InChI is InChI=1S/C9H18O.C6H9NO/c1-2-3-4-5-6-7-8-9-10;1-5(8)6-3-2-4-7-6/h9H,2-8H2,1H3;3,7H,2,4H2,1H3. The van der Waals surface area contributed by atoms with E-state index in [0.29, 0.717) is 0 Å². The van der Waals surface area contributed by atoms with Crippen LogP contribution in [0.5, 0.6) is 0 Å². The second-order valence-corrected chi connectivity index (χ2v) is 4.61. The minimum absolute atomic E-state index is 0.141. The van der Waals surface area contributed by atoms with Gasteiger partial charge in [0.05, 0.1) is 5.70 Å². The summed E-state index contributed by atoms with van der Waals surface area (Å²) in [6.45, 7) is 4.71. The first kappa shape index (κ1) is 16.9. The Kier molecular flexibility index (Phi) is 11.6. The first-order valence-electron chi connectivity index (χ1n) is 7.11.